The number of hydrogen-bond donors (Lipinski definition) is 0. The zero-order valence-electron chi connectivity index (χ0n) is 10.3. The van der Waals surface area contributed by atoms with Gasteiger partial charge in [-0.2, -0.15) is 0 Å². The lowest BCUT2D eigenvalue weighted by Crippen LogP contribution is -2.26. The molecule has 0 saturated heterocycles. The third-order valence-electron chi connectivity index (χ3n) is 2.36. The quantitative estimate of drug-likeness (QED) is 0.803. The summed E-state index contributed by atoms with van der Waals surface area (Å²) in [7, 11) is 1.44. The predicted octanol–water partition coefficient (Wildman–Crippen LogP) is 0.784. The maximum Gasteiger partial charge on any atom is 0.253 e. The van der Waals surface area contributed by atoms with E-state index in [1.807, 2.05) is 0 Å². The van der Waals surface area contributed by atoms with E-state index in [9.17, 15) is 13.2 Å². The monoisotopic (exact) mass is 256 g/mol. The van der Waals surface area contributed by atoms with Crippen molar-refractivity contribution >= 4 is 21.6 Å². The summed E-state index contributed by atoms with van der Waals surface area (Å²) in [5.74, 6) is -0.159. The first kappa shape index (κ1) is 13.5. The fourth-order valence-corrected chi connectivity index (χ4v) is 1.78. The van der Waals surface area contributed by atoms with E-state index in [0.29, 0.717) is 11.3 Å². The van der Waals surface area contributed by atoms with E-state index >= 15 is 0 Å². The van der Waals surface area contributed by atoms with Gasteiger partial charge in [0.15, 0.2) is 0 Å². The molecule has 1 rings (SSSR count). The molecule has 0 atom stereocenters. The van der Waals surface area contributed by atoms with Crippen LogP contribution < -0.4 is 4.31 Å². The lowest BCUT2D eigenvalue weighted by atomic mass is 10.2. The SMILES string of the molecule is CN(C)C(=O)c1cccc(N(C)S(C)(=O)=O)c1. The predicted molar refractivity (Wildman–Crippen MR) is 67.7 cm³/mol. The first-order chi connectivity index (χ1) is 7.73. The number of amides is 1. The van der Waals surface area contributed by atoms with Gasteiger partial charge in [-0.1, -0.05) is 6.07 Å². The van der Waals surface area contributed by atoms with E-state index in [1.165, 1.54) is 11.9 Å². The number of rotatable bonds is 3. The highest BCUT2D eigenvalue weighted by Crippen LogP contribution is 2.17. The smallest absolute Gasteiger partial charge is 0.253 e. The van der Waals surface area contributed by atoms with Gasteiger partial charge in [0.05, 0.1) is 11.9 Å². The van der Waals surface area contributed by atoms with E-state index in [0.717, 1.165) is 10.6 Å². The summed E-state index contributed by atoms with van der Waals surface area (Å²) in [6.07, 6.45) is 1.12. The molecule has 0 aliphatic heterocycles. The van der Waals surface area contributed by atoms with Crippen molar-refractivity contribution in [2.75, 3.05) is 31.7 Å². The van der Waals surface area contributed by atoms with Crippen LogP contribution in [0.3, 0.4) is 0 Å². The first-order valence-corrected chi connectivity index (χ1v) is 6.84. The number of benzene rings is 1. The van der Waals surface area contributed by atoms with E-state index in [2.05, 4.69) is 0 Å². The van der Waals surface area contributed by atoms with Crippen LogP contribution in [0, 0.1) is 0 Å². The van der Waals surface area contributed by atoms with Crippen molar-refractivity contribution in [1.82, 2.24) is 4.90 Å². The van der Waals surface area contributed by atoms with Crippen LogP contribution in [0.4, 0.5) is 5.69 Å². The Morgan fingerprint density at radius 3 is 2.24 bits per heavy atom. The van der Waals surface area contributed by atoms with Gasteiger partial charge in [0.2, 0.25) is 10.0 Å². The molecule has 0 aliphatic rings. The maximum atomic E-state index is 11.7. The summed E-state index contributed by atoms with van der Waals surface area (Å²) in [4.78, 5) is 13.2. The van der Waals surface area contributed by atoms with Gasteiger partial charge in [-0.15, -0.1) is 0 Å². The molecule has 94 valence electrons. The molecule has 1 aromatic rings. The van der Waals surface area contributed by atoms with Crippen molar-refractivity contribution in [2.24, 2.45) is 0 Å². The fraction of sp³-hybridized carbons (Fsp3) is 0.364. The number of hydrogen-bond acceptors (Lipinski definition) is 3. The molecular formula is C11H16N2O3S. The molecule has 0 bridgehead atoms. The molecule has 0 aliphatic carbocycles. The van der Waals surface area contributed by atoms with E-state index in [4.69, 9.17) is 0 Å². The number of nitrogens with zero attached hydrogens (tertiary/aromatic N) is 2. The van der Waals surface area contributed by atoms with Crippen molar-refractivity contribution in [2.45, 2.75) is 0 Å². The van der Waals surface area contributed by atoms with Crippen molar-refractivity contribution in [1.29, 1.82) is 0 Å². The molecule has 1 amide bonds. The van der Waals surface area contributed by atoms with Gasteiger partial charge < -0.3 is 4.90 Å². The summed E-state index contributed by atoms with van der Waals surface area (Å²) < 4.78 is 23.9. The number of carbonyl (C=O) groups excluding carboxylic acids is 1. The van der Waals surface area contributed by atoms with Crippen LogP contribution in [0.2, 0.25) is 0 Å². The van der Waals surface area contributed by atoms with Gasteiger partial charge in [0, 0.05) is 26.7 Å². The van der Waals surface area contributed by atoms with Gasteiger partial charge in [0.25, 0.3) is 5.91 Å². The average molecular weight is 256 g/mol. The Labute approximate surface area is 102 Å². The van der Waals surface area contributed by atoms with Crippen molar-refractivity contribution in [3.8, 4) is 0 Å². The lowest BCUT2D eigenvalue weighted by Gasteiger charge is -2.18. The van der Waals surface area contributed by atoms with Gasteiger partial charge in [-0.05, 0) is 18.2 Å². The largest absolute Gasteiger partial charge is 0.345 e. The Morgan fingerprint density at radius 1 is 1.18 bits per heavy atom. The standard InChI is InChI=1S/C11H16N2O3S/c1-12(2)11(14)9-6-5-7-10(8-9)13(3)17(4,15)16/h5-8H,1-4H3. The molecule has 0 unspecified atom stereocenters. The Balaban J connectivity index is 3.14. The minimum absolute atomic E-state index is 0.159. The van der Waals surface area contributed by atoms with Crippen LogP contribution in [0.1, 0.15) is 10.4 Å². The number of anilines is 1. The van der Waals surface area contributed by atoms with Crippen LogP contribution in [0.15, 0.2) is 24.3 Å². The average Bonchev–Trinajstić information content (AvgIpc) is 2.25. The molecule has 17 heavy (non-hydrogen) atoms. The van der Waals surface area contributed by atoms with Gasteiger partial charge in [-0.3, -0.25) is 9.10 Å². The van der Waals surface area contributed by atoms with Crippen LogP contribution in [0.25, 0.3) is 0 Å². The van der Waals surface area contributed by atoms with Crippen LogP contribution in [-0.2, 0) is 10.0 Å². The molecule has 0 spiro atoms. The fourth-order valence-electron chi connectivity index (χ4n) is 1.28. The molecule has 5 nitrogen and oxygen atoms in total. The Morgan fingerprint density at radius 2 is 1.76 bits per heavy atom. The van der Waals surface area contributed by atoms with Crippen molar-refractivity contribution in [3.63, 3.8) is 0 Å². The maximum absolute atomic E-state index is 11.7. The van der Waals surface area contributed by atoms with Crippen molar-refractivity contribution in [3.05, 3.63) is 29.8 Å². The molecule has 0 radical (unpaired) electrons. The van der Waals surface area contributed by atoms with Gasteiger partial charge in [-0.25, -0.2) is 8.42 Å². The number of carbonyl (C=O) groups is 1. The molecular weight excluding hydrogens is 240 g/mol. The van der Waals surface area contributed by atoms with Crippen LogP contribution >= 0.6 is 0 Å². The Kier molecular flexibility index (Phi) is 3.77. The molecule has 1 aromatic carbocycles. The van der Waals surface area contributed by atoms with Crippen molar-refractivity contribution < 1.29 is 13.2 Å². The summed E-state index contributed by atoms with van der Waals surface area (Å²) in [5.41, 5.74) is 0.934. The Hall–Kier alpha value is -1.56. The second-order valence-electron chi connectivity index (χ2n) is 3.98. The highest BCUT2D eigenvalue weighted by Gasteiger charge is 2.14. The Bertz CT molecular complexity index is 523. The van der Waals surface area contributed by atoms with Gasteiger partial charge in [0.1, 0.15) is 0 Å². The first-order valence-electron chi connectivity index (χ1n) is 4.99. The highest BCUT2D eigenvalue weighted by atomic mass is 32.2. The zero-order valence-corrected chi connectivity index (χ0v) is 11.2. The molecule has 0 saturated carbocycles. The third-order valence-corrected chi connectivity index (χ3v) is 3.57. The van der Waals surface area contributed by atoms with E-state index in [1.54, 1.807) is 38.4 Å². The topological polar surface area (TPSA) is 57.7 Å². The minimum atomic E-state index is -3.31. The molecule has 6 heteroatoms. The summed E-state index contributed by atoms with van der Waals surface area (Å²) in [5, 5.41) is 0. The summed E-state index contributed by atoms with van der Waals surface area (Å²) in [6.45, 7) is 0. The van der Waals surface area contributed by atoms with Crippen LogP contribution in [0.5, 0.6) is 0 Å². The number of sulfonamides is 1. The molecule has 0 heterocycles. The third kappa shape index (κ3) is 3.20. The van der Waals surface area contributed by atoms with E-state index in [-0.39, 0.29) is 5.91 Å². The minimum Gasteiger partial charge on any atom is -0.345 e. The second-order valence-corrected chi connectivity index (χ2v) is 5.99. The zero-order chi connectivity index (χ0) is 13.2. The summed E-state index contributed by atoms with van der Waals surface area (Å²) in [6, 6.07) is 6.52. The van der Waals surface area contributed by atoms with Gasteiger partial charge >= 0.3 is 0 Å². The van der Waals surface area contributed by atoms with E-state index < -0.39 is 10.0 Å². The second kappa shape index (κ2) is 4.75. The lowest BCUT2D eigenvalue weighted by molar-refractivity contribution is 0.0827. The summed E-state index contributed by atoms with van der Waals surface area (Å²) >= 11 is 0. The normalized spacial score (nSPS) is 11.1. The molecule has 0 fully saturated rings. The highest BCUT2D eigenvalue weighted by molar-refractivity contribution is 7.92. The molecule has 0 aromatic heterocycles. The van der Waals surface area contributed by atoms with Crippen LogP contribution in [-0.4, -0.2) is 46.6 Å². The molecule has 0 N–H and O–H groups in total.